The molecule has 0 aliphatic heterocycles. The topological polar surface area (TPSA) is 103 Å². The van der Waals surface area contributed by atoms with Crippen molar-refractivity contribution in [3.63, 3.8) is 0 Å². The third-order valence-corrected chi connectivity index (χ3v) is 2.22. The van der Waals surface area contributed by atoms with E-state index < -0.39 is 17.5 Å². The summed E-state index contributed by atoms with van der Waals surface area (Å²) in [6.45, 7) is -0.577. The molecule has 0 bridgehead atoms. The number of carboxylic acids is 1. The van der Waals surface area contributed by atoms with Crippen LogP contribution in [0.2, 0.25) is 0 Å². The number of non-ortho nitro benzene ring substituents is 1. The van der Waals surface area contributed by atoms with Gasteiger partial charge in [0.25, 0.3) is 5.69 Å². The summed E-state index contributed by atoms with van der Waals surface area (Å²) in [5.41, 5.74) is 0.222. The minimum atomic E-state index is -1.16. The van der Waals surface area contributed by atoms with Crippen molar-refractivity contribution >= 4 is 22.6 Å². The normalized spacial score (nSPS) is 9.68. The van der Waals surface area contributed by atoms with Crippen molar-refractivity contribution < 1.29 is 70.9 Å². The first-order chi connectivity index (χ1) is 8.58. The maximum absolute atomic E-state index is 10.7. The summed E-state index contributed by atoms with van der Waals surface area (Å²) in [5.74, 6) is -1.08. The summed E-state index contributed by atoms with van der Waals surface area (Å²) in [4.78, 5) is 24.6. The van der Waals surface area contributed by atoms with Gasteiger partial charge in [-0.15, -0.1) is 0 Å². The number of hydrogen-bond donors (Lipinski definition) is 1. The predicted octanol–water partition coefficient (Wildman–Crippen LogP) is -1.39. The zero-order valence-electron chi connectivity index (χ0n) is 10.1. The molecule has 0 aliphatic rings. The Kier molecular flexibility index (Phi) is 5.82. The molecule has 1 aromatic heterocycles. The maximum Gasteiger partial charge on any atom is 1.00 e. The largest absolute Gasteiger partial charge is 1.00 e. The molecule has 0 aliphatic carbocycles. The van der Waals surface area contributed by atoms with E-state index in [2.05, 4.69) is 4.98 Å². The van der Waals surface area contributed by atoms with E-state index >= 15 is 0 Å². The molecule has 0 saturated carbocycles. The number of fused-ring (bicyclic) bond motifs is 1. The number of ether oxygens (including phenoxy) is 1. The standard InChI is InChI=1S/C11H8N2O5.K/c14-10(15)6-18-9-5-8(13(16)17)4-7-2-1-3-12-11(7)9;/h1-5H,6H2,(H,14,15);/q;+1. The van der Waals surface area contributed by atoms with Crippen LogP contribution in [0.15, 0.2) is 30.5 Å². The Hall–Kier alpha value is -1.06. The number of carboxylic acid groups (broad SMARTS) is 1. The number of hydrogen-bond acceptors (Lipinski definition) is 5. The van der Waals surface area contributed by atoms with E-state index in [9.17, 15) is 14.9 Å². The first kappa shape index (κ1) is 16.0. The third kappa shape index (κ3) is 3.95. The van der Waals surface area contributed by atoms with Crippen LogP contribution < -0.4 is 56.1 Å². The smallest absolute Gasteiger partial charge is 0.479 e. The minimum absolute atomic E-state index is 0. The molecule has 7 nitrogen and oxygen atoms in total. The van der Waals surface area contributed by atoms with Crippen LogP contribution in [-0.2, 0) is 4.79 Å². The zero-order valence-corrected chi connectivity index (χ0v) is 13.2. The van der Waals surface area contributed by atoms with Crippen molar-refractivity contribution in [1.82, 2.24) is 4.98 Å². The SMILES string of the molecule is O=C(O)COc1cc([N+](=O)[O-])cc2cccnc12.[K+]. The third-order valence-electron chi connectivity index (χ3n) is 2.22. The fourth-order valence-electron chi connectivity index (χ4n) is 1.50. The molecule has 8 heteroatoms. The van der Waals surface area contributed by atoms with Gasteiger partial charge in [0.1, 0.15) is 5.52 Å². The van der Waals surface area contributed by atoms with Gasteiger partial charge in [-0.2, -0.15) is 0 Å². The van der Waals surface area contributed by atoms with E-state index in [4.69, 9.17) is 9.84 Å². The zero-order chi connectivity index (χ0) is 13.1. The number of aliphatic carboxylic acids is 1. The molecule has 19 heavy (non-hydrogen) atoms. The van der Waals surface area contributed by atoms with Gasteiger partial charge in [0.2, 0.25) is 0 Å². The molecule has 0 radical (unpaired) electrons. The minimum Gasteiger partial charge on any atom is -0.479 e. The quantitative estimate of drug-likeness (QED) is 0.422. The Balaban J connectivity index is 0.00000180. The van der Waals surface area contributed by atoms with Crippen molar-refractivity contribution in [2.45, 2.75) is 0 Å². The van der Waals surface area contributed by atoms with Gasteiger partial charge in [0, 0.05) is 17.6 Å². The van der Waals surface area contributed by atoms with Gasteiger partial charge in [-0.25, -0.2) is 4.79 Å². The van der Waals surface area contributed by atoms with Crippen molar-refractivity contribution in [2.24, 2.45) is 0 Å². The number of nitro benzene ring substituents is 1. The number of aromatic nitrogens is 1. The molecule has 0 unspecified atom stereocenters. The predicted molar refractivity (Wildman–Crippen MR) is 61.5 cm³/mol. The van der Waals surface area contributed by atoms with Crippen LogP contribution in [0.1, 0.15) is 0 Å². The molecule has 0 amide bonds. The molecule has 0 spiro atoms. The van der Waals surface area contributed by atoms with Crippen LogP contribution in [0.25, 0.3) is 10.9 Å². The van der Waals surface area contributed by atoms with Crippen molar-refractivity contribution in [2.75, 3.05) is 6.61 Å². The molecule has 2 rings (SSSR count). The molecule has 1 heterocycles. The number of carbonyl (C=O) groups is 1. The van der Waals surface area contributed by atoms with Crippen LogP contribution >= 0.6 is 0 Å². The number of nitrogens with zero attached hydrogens (tertiary/aromatic N) is 2. The second-order valence-electron chi connectivity index (χ2n) is 3.46. The van der Waals surface area contributed by atoms with E-state index in [1.807, 2.05) is 0 Å². The molecule has 92 valence electrons. The number of pyridine rings is 1. The summed E-state index contributed by atoms with van der Waals surface area (Å²) in [5, 5.41) is 19.8. The Morgan fingerprint density at radius 3 is 2.84 bits per heavy atom. The Morgan fingerprint density at radius 2 is 2.21 bits per heavy atom. The van der Waals surface area contributed by atoms with Gasteiger partial charge in [0.05, 0.1) is 11.0 Å². The molecular formula is C11H8KN2O5+. The second-order valence-corrected chi connectivity index (χ2v) is 3.46. The average Bonchev–Trinajstić information content (AvgIpc) is 2.35. The van der Waals surface area contributed by atoms with E-state index in [1.54, 1.807) is 12.1 Å². The van der Waals surface area contributed by atoms with Gasteiger partial charge in [-0.1, -0.05) is 6.07 Å². The van der Waals surface area contributed by atoms with E-state index in [0.29, 0.717) is 10.9 Å². The molecule has 0 fully saturated rings. The number of benzene rings is 1. The van der Waals surface area contributed by atoms with Crippen molar-refractivity contribution in [3.8, 4) is 5.75 Å². The Morgan fingerprint density at radius 1 is 1.47 bits per heavy atom. The summed E-state index contributed by atoms with van der Waals surface area (Å²) in [6.07, 6.45) is 1.50. The van der Waals surface area contributed by atoms with Crippen molar-refractivity contribution in [1.29, 1.82) is 0 Å². The average molecular weight is 287 g/mol. The molecule has 2 aromatic rings. The molecule has 0 atom stereocenters. The van der Waals surface area contributed by atoms with Crippen LogP contribution in [0, 0.1) is 10.1 Å². The second kappa shape index (κ2) is 6.92. The molecule has 1 aromatic carbocycles. The molecule has 0 saturated heterocycles. The Bertz CT molecular complexity index is 632. The Labute approximate surface area is 150 Å². The number of rotatable bonds is 4. The van der Waals surface area contributed by atoms with Crippen LogP contribution in [0.3, 0.4) is 0 Å². The summed E-state index contributed by atoms with van der Waals surface area (Å²) in [6, 6.07) is 5.80. The van der Waals surface area contributed by atoms with E-state index in [-0.39, 0.29) is 62.8 Å². The van der Waals surface area contributed by atoms with Gasteiger partial charge in [-0.3, -0.25) is 15.1 Å². The fourth-order valence-corrected chi connectivity index (χ4v) is 1.50. The summed E-state index contributed by atoms with van der Waals surface area (Å²) < 4.78 is 5.01. The first-order valence-electron chi connectivity index (χ1n) is 4.95. The number of nitro groups is 1. The van der Waals surface area contributed by atoms with E-state index in [1.165, 1.54) is 12.3 Å². The van der Waals surface area contributed by atoms with Gasteiger partial charge in [-0.05, 0) is 6.07 Å². The van der Waals surface area contributed by atoms with Gasteiger partial charge < -0.3 is 9.84 Å². The van der Waals surface area contributed by atoms with Crippen LogP contribution in [0.4, 0.5) is 5.69 Å². The van der Waals surface area contributed by atoms with Gasteiger partial charge in [0.15, 0.2) is 12.4 Å². The molecule has 1 N–H and O–H groups in total. The van der Waals surface area contributed by atoms with Crippen molar-refractivity contribution in [3.05, 3.63) is 40.6 Å². The monoisotopic (exact) mass is 287 g/mol. The fraction of sp³-hybridized carbons (Fsp3) is 0.0909. The van der Waals surface area contributed by atoms with Gasteiger partial charge >= 0.3 is 57.4 Å². The maximum atomic E-state index is 10.7. The van der Waals surface area contributed by atoms with Crippen LogP contribution in [-0.4, -0.2) is 27.6 Å². The van der Waals surface area contributed by atoms with Crippen LogP contribution in [0.5, 0.6) is 5.75 Å². The first-order valence-corrected chi connectivity index (χ1v) is 4.95. The summed E-state index contributed by atoms with van der Waals surface area (Å²) >= 11 is 0. The molecular weight excluding hydrogens is 279 g/mol. The summed E-state index contributed by atoms with van der Waals surface area (Å²) in [7, 11) is 0. The van der Waals surface area contributed by atoms with E-state index in [0.717, 1.165) is 6.07 Å².